The van der Waals surface area contributed by atoms with E-state index in [0.717, 1.165) is 11.1 Å². The lowest BCUT2D eigenvalue weighted by Crippen LogP contribution is -2.33. The van der Waals surface area contributed by atoms with Crippen molar-refractivity contribution in [3.05, 3.63) is 82.0 Å². The highest BCUT2D eigenvalue weighted by atomic mass is 32.1. The van der Waals surface area contributed by atoms with E-state index in [-0.39, 0.29) is 5.91 Å². The average Bonchev–Trinajstić information content (AvgIpc) is 3.29. The molecule has 2 N–H and O–H groups in total. The first-order valence-corrected chi connectivity index (χ1v) is 11.3. The third kappa shape index (κ3) is 4.62. The lowest BCUT2D eigenvalue weighted by molar-refractivity contribution is -0.139. The molecule has 1 atom stereocenters. The predicted molar refractivity (Wildman–Crippen MR) is 120 cm³/mol. The molecule has 5 heteroatoms. The number of benzene rings is 2. The van der Waals surface area contributed by atoms with Gasteiger partial charge in [-0.25, -0.2) is 4.79 Å². The molecule has 1 aromatic heterocycles. The highest BCUT2D eigenvalue weighted by Gasteiger charge is 2.23. The minimum Gasteiger partial charge on any atom is -0.479 e. The van der Waals surface area contributed by atoms with Crippen molar-refractivity contribution in [3.8, 4) is 11.1 Å². The number of carbonyl (C=O) groups is 2. The van der Waals surface area contributed by atoms with Crippen molar-refractivity contribution in [2.24, 2.45) is 0 Å². The van der Waals surface area contributed by atoms with Crippen molar-refractivity contribution in [1.82, 2.24) is 5.32 Å². The van der Waals surface area contributed by atoms with Gasteiger partial charge in [0.25, 0.3) is 5.91 Å². The quantitative estimate of drug-likeness (QED) is 0.513. The van der Waals surface area contributed by atoms with Crippen LogP contribution in [-0.2, 0) is 4.79 Å². The van der Waals surface area contributed by atoms with Gasteiger partial charge in [0.2, 0.25) is 0 Å². The molecule has 0 spiro atoms. The molecular formula is C25H25NO3S. The maximum atomic E-state index is 12.7. The van der Waals surface area contributed by atoms with Gasteiger partial charge in [-0.2, -0.15) is 0 Å². The molecule has 1 amide bonds. The molecule has 2 aromatic carbocycles. The Bertz CT molecular complexity index is 1000. The van der Waals surface area contributed by atoms with Crippen molar-refractivity contribution < 1.29 is 14.7 Å². The second-order valence-electron chi connectivity index (χ2n) is 7.81. The van der Waals surface area contributed by atoms with Gasteiger partial charge >= 0.3 is 5.97 Å². The molecule has 1 fully saturated rings. The van der Waals surface area contributed by atoms with Gasteiger partial charge in [0, 0.05) is 0 Å². The number of carboxylic acids is 1. The Kier molecular flexibility index (Phi) is 6.29. The monoisotopic (exact) mass is 419 g/mol. The van der Waals surface area contributed by atoms with E-state index in [2.05, 4.69) is 29.6 Å². The molecule has 4 rings (SSSR count). The van der Waals surface area contributed by atoms with Gasteiger partial charge in [-0.15, -0.1) is 11.3 Å². The fourth-order valence-electron chi connectivity index (χ4n) is 4.13. The van der Waals surface area contributed by atoms with E-state index < -0.39 is 12.0 Å². The second-order valence-corrected chi connectivity index (χ2v) is 8.72. The highest BCUT2D eigenvalue weighted by Crippen LogP contribution is 2.34. The van der Waals surface area contributed by atoms with Gasteiger partial charge in [-0.05, 0) is 52.5 Å². The van der Waals surface area contributed by atoms with Crippen molar-refractivity contribution >= 4 is 23.2 Å². The zero-order valence-electron chi connectivity index (χ0n) is 16.7. The standard InChI is InChI=1S/C25H25NO3S/c27-24(26-23(25(28)29)20-9-5-2-6-10-20)22-15-21(16-30-22)19-13-11-18(12-14-19)17-7-3-1-4-8-17/h2,5-6,9-17,23H,1,3-4,7-8H2,(H,26,27)(H,28,29)/t23-/m0/s1. The summed E-state index contributed by atoms with van der Waals surface area (Å²) in [5, 5.41) is 14.1. The smallest absolute Gasteiger partial charge is 0.330 e. The third-order valence-electron chi connectivity index (χ3n) is 5.80. The SMILES string of the molecule is O=C(N[C@H](C(=O)O)c1ccccc1)c1cc(-c2ccc(C3CCCCC3)cc2)cs1. The van der Waals surface area contributed by atoms with E-state index in [1.165, 1.54) is 49.0 Å². The Balaban J connectivity index is 1.46. The third-order valence-corrected chi connectivity index (χ3v) is 6.73. The van der Waals surface area contributed by atoms with E-state index in [4.69, 9.17) is 0 Å². The van der Waals surface area contributed by atoms with Crippen LogP contribution in [0.4, 0.5) is 0 Å². The summed E-state index contributed by atoms with van der Waals surface area (Å²) in [6.07, 6.45) is 6.52. The van der Waals surface area contributed by atoms with E-state index in [9.17, 15) is 14.7 Å². The Morgan fingerprint density at radius 2 is 1.63 bits per heavy atom. The molecule has 3 aromatic rings. The number of nitrogens with one attached hydrogen (secondary N) is 1. The minimum absolute atomic E-state index is 0.374. The fraction of sp³-hybridized carbons (Fsp3) is 0.280. The molecule has 1 saturated carbocycles. The van der Waals surface area contributed by atoms with Crippen LogP contribution in [0.1, 0.15) is 64.9 Å². The van der Waals surface area contributed by atoms with Crippen LogP contribution in [0.2, 0.25) is 0 Å². The Labute approximate surface area is 180 Å². The van der Waals surface area contributed by atoms with Crippen molar-refractivity contribution in [2.45, 2.75) is 44.1 Å². The summed E-state index contributed by atoms with van der Waals surface area (Å²) in [5.41, 5.74) is 4.00. The van der Waals surface area contributed by atoms with E-state index in [1.807, 2.05) is 17.5 Å². The summed E-state index contributed by atoms with van der Waals surface area (Å²) in [6, 6.07) is 18.2. The van der Waals surface area contributed by atoms with Gasteiger partial charge in [0.05, 0.1) is 4.88 Å². The maximum Gasteiger partial charge on any atom is 0.330 e. The first-order chi connectivity index (χ1) is 14.6. The lowest BCUT2D eigenvalue weighted by Gasteiger charge is -2.22. The van der Waals surface area contributed by atoms with Gasteiger partial charge < -0.3 is 10.4 Å². The molecule has 0 unspecified atom stereocenters. The number of aliphatic carboxylic acids is 1. The van der Waals surface area contributed by atoms with Crippen LogP contribution >= 0.6 is 11.3 Å². The van der Waals surface area contributed by atoms with Gasteiger partial charge in [0.1, 0.15) is 0 Å². The highest BCUT2D eigenvalue weighted by molar-refractivity contribution is 7.12. The van der Waals surface area contributed by atoms with E-state index >= 15 is 0 Å². The van der Waals surface area contributed by atoms with Crippen LogP contribution in [0.15, 0.2) is 66.0 Å². The predicted octanol–water partition coefficient (Wildman–Crippen LogP) is 6.02. The van der Waals surface area contributed by atoms with Crippen molar-refractivity contribution in [3.63, 3.8) is 0 Å². The molecule has 4 nitrogen and oxygen atoms in total. The first-order valence-electron chi connectivity index (χ1n) is 10.4. The molecule has 154 valence electrons. The molecule has 30 heavy (non-hydrogen) atoms. The van der Waals surface area contributed by atoms with Crippen LogP contribution < -0.4 is 5.32 Å². The van der Waals surface area contributed by atoms with Crippen molar-refractivity contribution in [2.75, 3.05) is 0 Å². The van der Waals surface area contributed by atoms with Gasteiger partial charge in [-0.1, -0.05) is 73.9 Å². The summed E-state index contributed by atoms with van der Waals surface area (Å²) >= 11 is 1.33. The number of hydrogen-bond acceptors (Lipinski definition) is 3. The zero-order valence-corrected chi connectivity index (χ0v) is 17.5. The largest absolute Gasteiger partial charge is 0.479 e. The summed E-state index contributed by atoms with van der Waals surface area (Å²) in [7, 11) is 0. The lowest BCUT2D eigenvalue weighted by atomic mass is 9.84. The molecular weight excluding hydrogens is 394 g/mol. The van der Waals surface area contributed by atoms with Gasteiger partial charge in [-0.3, -0.25) is 4.79 Å². The molecule has 1 aliphatic carbocycles. The maximum absolute atomic E-state index is 12.7. The zero-order chi connectivity index (χ0) is 20.9. The number of amides is 1. The molecule has 0 bridgehead atoms. The molecule has 0 aliphatic heterocycles. The van der Waals surface area contributed by atoms with Crippen LogP contribution in [0.5, 0.6) is 0 Å². The molecule has 1 heterocycles. The summed E-state index contributed by atoms with van der Waals surface area (Å²) < 4.78 is 0. The fourth-order valence-corrected chi connectivity index (χ4v) is 4.94. The number of thiophene rings is 1. The molecule has 0 radical (unpaired) electrons. The molecule has 0 saturated heterocycles. The summed E-state index contributed by atoms with van der Waals surface area (Å²) in [6.45, 7) is 0. The number of carboxylic acid groups (broad SMARTS) is 1. The van der Waals surface area contributed by atoms with E-state index in [1.54, 1.807) is 24.3 Å². The topological polar surface area (TPSA) is 66.4 Å². The first kappa shape index (κ1) is 20.4. The number of hydrogen-bond donors (Lipinski definition) is 2. The minimum atomic E-state index is -1.08. The van der Waals surface area contributed by atoms with Crippen LogP contribution in [-0.4, -0.2) is 17.0 Å². The second kappa shape index (κ2) is 9.26. The Hall–Kier alpha value is -2.92. The van der Waals surface area contributed by atoms with Gasteiger partial charge in [0.15, 0.2) is 6.04 Å². The van der Waals surface area contributed by atoms with Crippen LogP contribution in [0.3, 0.4) is 0 Å². The normalized spacial score (nSPS) is 15.5. The van der Waals surface area contributed by atoms with Crippen molar-refractivity contribution in [1.29, 1.82) is 0 Å². The number of carbonyl (C=O) groups excluding carboxylic acids is 1. The summed E-state index contributed by atoms with van der Waals surface area (Å²) in [4.78, 5) is 24.8. The number of rotatable bonds is 6. The Morgan fingerprint density at radius 3 is 2.30 bits per heavy atom. The average molecular weight is 420 g/mol. The van der Waals surface area contributed by atoms with E-state index in [0.29, 0.717) is 16.4 Å². The van der Waals surface area contributed by atoms with Crippen LogP contribution in [0, 0.1) is 0 Å². The molecule has 1 aliphatic rings. The van der Waals surface area contributed by atoms with Crippen LogP contribution in [0.25, 0.3) is 11.1 Å². The summed E-state index contributed by atoms with van der Waals surface area (Å²) in [5.74, 6) is -0.784. The Morgan fingerprint density at radius 1 is 0.933 bits per heavy atom.